The van der Waals surface area contributed by atoms with Crippen molar-refractivity contribution in [3.05, 3.63) is 12.7 Å². The highest BCUT2D eigenvalue weighted by atomic mass is 16.5. The largest absolute Gasteiger partial charge is 0.394 e. The van der Waals surface area contributed by atoms with Crippen molar-refractivity contribution in [1.82, 2.24) is 19.5 Å². The van der Waals surface area contributed by atoms with E-state index in [-0.39, 0.29) is 12.5 Å². The van der Waals surface area contributed by atoms with Gasteiger partial charge >= 0.3 is 0 Å². The van der Waals surface area contributed by atoms with Crippen molar-refractivity contribution < 1.29 is 19.7 Å². The molecule has 0 radical (unpaired) electrons. The smallest absolute Gasteiger partial charge is 0.225 e. The van der Waals surface area contributed by atoms with Gasteiger partial charge in [0.05, 0.1) is 19.0 Å². The zero-order valence-electron chi connectivity index (χ0n) is 12.0. The van der Waals surface area contributed by atoms with Gasteiger partial charge in [-0.25, -0.2) is 15.0 Å². The molecule has 1 saturated heterocycles. The number of aliphatic hydroxyl groups is 2. The van der Waals surface area contributed by atoms with Gasteiger partial charge in [0.25, 0.3) is 0 Å². The predicted molar refractivity (Wildman–Crippen MR) is 75.9 cm³/mol. The minimum Gasteiger partial charge on any atom is -0.394 e. The highest BCUT2D eigenvalue weighted by Crippen LogP contribution is 2.31. The molecule has 0 aromatic carbocycles. The number of carbonyl (C=O) groups is 1. The number of carbonyl (C=O) groups excluding carboxylic acids is 1. The van der Waals surface area contributed by atoms with E-state index in [4.69, 9.17) is 9.84 Å². The molecule has 1 aliphatic heterocycles. The maximum absolute atomic E-state index is 11.5. The highest BCUT2D eigenvalue weighted by Gasteiger charge is 2.36. The lowest BCUT2D eigenvalue weighted by Crippen LogP contribution is -2.19. The number of hydrogen-bond donors (Lipinski definition) is 3. The molecule has 3 heterocycles. The number of ether oxygens (including phenoxy) is 1. The van der Waals surface area contributed by atoms with Crippen molar-refractivity contribution in [2.75, 3.05) is 11.9 Å². The lowest BCUT2D eigenvalue weighted by molar-refractivity contribution is -0.115. The van der Waals surface area contributed by atoms with Crippen LogP contribution in [0.5, 0.6) is 0 Å². The number of aromatic nitrogens is 4. The Labute approximate surface area is 126 Å². The number of aliphatic hydroxyl groups excluding tert-OH is 2. The van der Waals surface area contributed by atoms with Gasteiger partial charge < -0.3 is 20.3 Å². The zero-order valence-corrected chi connectivity index (χ0v) is 12.0. The second-order valence-electron chi connectivity index (χ2n) is 5.08. The number of imidazole rings is 1. The van der Waals surface area contributed by atoms with Crippen LogP contribution in [-0.4, -0.2) is 54.5 Å². The van der Waals surface area contributed by atoms with E-state index in [0.717, 1.165) is 0 Å². The van der Waals surface area contributed by atoms with Gasteiger partial charge in [0.15, 0.2) is 23.2 Å². The summed E-state index contributed by atoms with van der Waals surface area (Å²) in [6.45, 7) is 1.58. The molecule has 0 spiro atoms. The van der Waals surface area contributed by atoms with Crippen LogP contribution in [0.3, 0.4) is 0 Å². The molecule has 1 unspecified atom stereocenters. The number of hydrogen-bond acceptors (Lipinski definition) is 7. The first kappa shape index (κ1) is 14.8. The molecule has 2 aromatic rings. The summed E-state index contributed by atoms with van der Waals surface area (Å²) in [6, 6.07) is 0. The molecule has 1 fully saturated rings. The molecule has 118 valence electrons. The molecular formula is C13H17N5O4. The first-order valence-corrected chi connectivity index (χ1v) is 7.05. The Kier molecular flexibility index (Phi) is 4.01. The summed E-state index contributed by atoms with van der Waals surface area (Å²) < 4.78 is 7.17. The minimum atomic E-state index is -0.766. The monoisotopic (exact) mass is 307 g/mol. The average Bonchev–Trinajstić information content (AvgIpc) is 3.10. The van der Waals surface area contributed by atoms with Gasteiger partial charge in [-0.1, -0.05) is 6.92 Å². The van der Waals surface area contributed by atoms with Crippen LogP contribution in [0, 0.1) is 0 Å². The van der Waals surface area contributed by atoms with Crippen LogP contribution < -0.4 is 5.32 Å². The molecule has 0 aliphatic carbocycles. The summed E-state index contributed by atoms with van der Waals surface area (Å²) in [5.74, 6) is 0.147. The van der Waals surface area contributed by atoms with Gasteiger partial charge in [-0.15, -0.1) is 0 Å². The van der Waals surface area contributed by atoms with E-state index >= 15 is 0 Å². The van der Waals surface area contributed by atoms with Crippen molar-refractivity contribution in [1.29, 1.82) is 0 Å². The molecule has 1 aliphatic rings. The first-order valence-electron chi connectivity index (χ1n) is 7.05. The summed E-state index contributed by atoms with van der Waals surface area (Å²) in [7, 11) is 0. The summed E-state index contributed by atoms with van der Waals surface area (Å²) in [5.41, 5.74) is 0.872. The van der Waals surface area contributed by atoms with E-state index in [2.05, 4.69) is 20.3 Å². The molecule has 1 amide bonds. The Hall–Kier alpha value is -2.10. The molecule has 2 aromatic heterocycles. The lowest BCUT2D eigenvalue weighted by atomic mass is 10.2. The van der Waals surface area contributed by atoms with E-state index in [1.807, 2.05) is 0 Å². The van der Waals surface area contributed by atoms with E-state index in [1.54, 1.807) is 11.5 Å². The SMILES string of the molecule is CCC(=O)Nc1ncnc2c1ncn2[C@@H]1O[C@H](CO)CC1O. The minimum absolute atomic E-state index is 0.160. The van der Waals surface area contributed by atoms with E-state index < -0.39 is 18.4 Å². The second kappa shape index (κ2) is 5.95. The molecule has 3 atom stereocenters. The van der Waals surface area contributed by atoms with Crippen LogP contribution in [-0.2, 0) is 9.53 Å². The summed E-state index contributed by atoms with van der Waals surface area (Å²) in [5, 5.41) is 21.9. The highest BCUT2D eigenvalue weighted by molar-refractivity contribution is 5.96. The third kappa shape index (κ3) is 2.54. The Morgan fingerprint density at radius 1 is 1.50 bits per heavy atom. The van der Waals surface area contributed by atoms with E-state index in [1.165, 1.54) is 12.7 Å². The fraction of sp³-hybridized carbons (Fsp3) is 0.538. The maximum atomic E-state index is 11.5. The maximum Gasteiger partial charge on any atom is 0.225 e. The van der Waals surface area contributed by atoms with Crippen LogP contribution in [0.1, 0.15) is 26.0 Å². The van der Waals surface area contributed by atoms with E-state index in [0.29, 0.717) is 29.8 Å². The summed E-state index contributed by atoms with van der Waals surface area (Å²) >= 11 is 0. The Morgan fingerprint density at radius 2 is 2.32 bits per heavy atom. The van der Waals surface area contributed by atoms with Crippen LogP contribution in [0.2, 0.25) is 0 Å². The number of nitrogens with zero attached hydrogens (tertiary/aromatic N) is 4. The zero-order chi connectivity index (χ0) is 15.7. The Balaban J connectivity index is 1.96. The van der Waals surface area contributed by atoms with Crippen LogP contribution in [0.25, 0.3) is 11.2 Å². The van der Waals surface area contributed by atoms with Gasteiger partial charge in [-0.2, -0.15) is 0 Å². The number of fused-ring (bicyclic) bond motifs is 1. The van der Waals surface area contributed by atoms with Crippen LogP contribution in [0.15, 0.2) is 12.7 Å². The number of anilines is 1. The van der Waals surface area contributed by atoms with Gasteiger partial charge in [0, 0.05) is 12.8 Å². The van der Waals surface area contributed by atoms with Crippen LogP contribution >= 0.6 is 0 Å². The topological polar surface area (TPSA) is 122 Å². The number of amides is 1. The Bertz CT molecular complexity index is 688. The second-order valence-corrected chi connectivity index (χ2v) is 5.08. The quantitative estimate of drug-likeness (QED) is 0.715. The third-order valence-corrected chi connectivity index (χ3v) is 3.58. The molecular weight excluding hydrogens is 290 g/mol. The fourth-order valence-electron chi connectivity index (χ4n) is 2.45. The molecule has 3 rings (SSSR count). The summed E-state index contributed by atoms with van der Waals surface area (Å²) in [6.07, 6.45) is 1.61. The molecule has 9 nitrogen and oxygen atoms in total. The molecule has 0 saturated carbocycles. The van der Waals surface area contributed by atoms with Gasteiger partial charge in [0.2, 0.25) is 5.91 Å². The summed E-state index contributed by atoms with van der Waals surface area (Å²) in [4.78, 5) is 23.9. The van der Waals surface area contributed by atoms with Crippen molar-refractivity contribution in [3.63, 3.8) is 0 Å². The first-order chi connectivity index (χ1) is 10.6. The van der Waals surface area contributed by atoms with Gasteiger partial charge in [-0.3, -0.25) is 9.36 Å². The molecule has 22 heavy (non-hydrogen) atoms. The Morgan fingerprint density at radius 3 is 3.00 bits per heavy atom. The fourth-order valence-corrected chi connectivity index (χ4v) is 2.45. The lowest BCUT2D eigenvalue weighted by Gasteiger charge is -2.16. The molecule has 9 heteroatoms. The van der Waals surface area contributed by atoms with Crippen LogP contribution in [0.4, 0.5) is 5.82 Å². The number of nitrogens with one attached hydrogen (secondary N) is 1. The molecule has 0 bridgehead atoms. The van der Waals surface area contributed by atoms with Crippen molar-refractivity contribution in [3.8, 4) is 0 Å². The normalized spacial score (nSPS) is 24.8. The van der Waals surface area contributed by atoms with Gasteiger partial charge in [-0.05, 0) is 0 Å². The standard InChI is InChI=1S/C13H17N5O4/c1-2-9(21)17-11-10-12(15-5-14-11)18(6-16-10)13-8(20)3-7(4-19)22-13/h5-8,13,19-20H,2-4H2,1H3,(H,14,15,17,21)/t7-,8?,13+/m0/s1. The average molecular weight is 307 g/mol. The molecule has 3 N–H and O–H groups in total. The van der Waals surface area contributed by atoms with Gasteiger partial charge in [0.1, 0.15) is 12.4 Å². The van der Waals surface area contributed by atoms with Crippen molar-refractivity contribution in [2.24, 2.45) is 0 Å². The van der Waals surface area contributed by atoms with Crippen molar-refractivity contribution >= 4 is 22.9 Å². The predicted octanol–water partition coefficient (Wildman–Crippen LogP) is -0.185. The number of rotatable bonds is 4. The van der Waals surface area contributed by atoms with Crippen molar-refractivity contribution in [2.45, 2.75) is 38.2 Å². The third-order valence-electron chi connectivity index (χ3n) is 3.58. The van der Waals surface area contributed by atoms with E-state index in [9.17, 15) is 9.90 Å².